The molecule has 0 aromatic rings. The van der Waals surface area contributed by atoms with E-state index >= 15 is 0 Å². The van der Waals surface area contributed by atoms with Gasteiger partial charge in [-0.2, -0.15) is 0 Å². The second kappa shape index (κ2) is 4.28. The highest BCUT2D eigenvalue weighted by Gasteiger charge is 2.33. The number of rotatable bonds is 1. The van der Waals surface area contributed by atoms with Gasteiger partial charge in [0.1, 0.15) is 0 Å². The van der Waals surface area contributed by atoms with Crippen LogP contribution in [0.5, 0.6) is 0 Å². The fourth-order valence-electron chi connectivity index (χ4n) is 2.16. The number of nitrogens with one attached hydrogen (secondary N) is 1. The Morgan fingerprint density at radius 1 is 1.36 bits per heavy atom. The van der Waals surface area contributed by atoms with Gasteiger partial charge in [0, 0.05) is 19.6 Å². The number of ether oxygens (including phenoxy) is 1. The number of hydrogen-bond donors (Lipinski definition) is 1. The second-order valence-electron chi connectivity index (χ2n) is 4.18. The van der Waals surface area contributed by atoms with Gasteiger partial charge >= 0.3 is 0 Å². The van der Waals surface area contributed by atoms with Gasteiger partial charge in [-0.15, -0.1) is 0 Å². The van der Waals surface area contributed by atoms with Crippen molar-refractivity contribution in [2.24, 2.45) is 11.8 Å². The van der Waals surface area contributed by atoms with Crippen molar-refractivity contribution in [3.8, 4) is 0 Å². The summed E-state index contributed by atoms with van der Waals surface area (Å²) in [6.07, 6.45) is 0. The smallest absolute Gasteiger partial charge is 0.227 e. The molecule has 2 atom stereocenters. The molecule has 2 aliphatic rings. The minimum atomic E-state index is 0.188. The van der Waals surface area contributed by atoms with E-state index in [1.165, 1.54) is 0 Å². The molecule has 0 aromatic heterocycles. The Balaban J connectivity index is 1.92. The van der Waals surface area contributed by atoms with Crippen LogP contribution in [0.15, 0.2) is 0 Å². The van der Waals surface area contributed by atoms with Gasteiger partial charge in [0.25, 0.3) is 0 Å². The van der Waals surface area contributed by atoms with E-state index in [2.05, 4.69) is 12.2 Å². The van der Waals surface area contributed by atoms with Crippen molar-refractivity contribution >= 4 is 5.91 Å². The van der Waals surface area contributed by atoms with Crippen molar-refractivity contribution in [3.63, 3.8) is 0 Å². The molecule has 0 saturated carbocycles. The Hall–Kier alpha value is -0.610. The average Bonchev–Trinajstić information content (AvgIpc) is 2.65. The number of hydrogen-bond acceptors (Lipinski definition) is 3. The van der Waals surface area contributed by atoms with E-state index in [-0.39, 0.29) is 5.92 Å². The molecule has 0 aliphatic carbocycles. The monoisotopic (exact) mass is 198 g/mol. The highest BCUT2D eigenvalue weighted by Crippen LogP contribution is 2.19. The quantitative estimate of drug-likeness (QED) is 0.629. The summed E-state index contributed by atoms with van der Waals surface area (Å²) in [5.41, 5.74) is 0. The molecule has 2 saturated heterocycles. The van der Waals surface area contributed by atoms with Gasteiger partial charge < -0.3 is 15.0 Å². The molecule has 1 amide bonds. The van der Waals surface area contributed by atoms with Crippen LogP contribution in [-0.2, 0) is 9.53 Å². The summed E-state index contributed by atoms with van der Waals surface area (Å²) in [5, 5.41) is 3.26. The van der Waals surface area contributed by atoms with Gasteiger partial charge in [0.15, 0.2) is 0 Å². The summed E-state index contributed by atoms with van der Waals surface area (Å²) in [7, 11) is 0. The third kappa shape index (κ3) is 1.91. The number of nitrogens with zero attached hydrogens (tertiary/aromatic N) is 1. The third-order valence-electron chi connectivity index (χ3n) is 3.16. The van der Waals surface area contributed by atoms with Crippen molar-refractivity contribution in [1.82, 2.24) is 10.2 Å². The van der Waals surface area contributed by atoms with E-state index in [0.717, 1.165) is 26.2 Å². The number of carbonyl (C=O) groups excluding carboxylic acids is 1. The molecule has 2 rings (SSSR count). The second-order valence-corrected chi connectivity index (χ2v) is 4.18. The minimum absolute atomic E-state index is 0.188. The lowest BCUT2D eigenvalue weighted by atomic mass is 9.96. The first-order valence-corrected chi connectivity index (χ1v) is 5.36. The molecule has 2 fully saturated rings. The maximum atomic E-state index is 12.0. The molecule has 0 bridgehead atoms. The SMILES string of the molecule is C[C@@H]1CNC[C@H]1C(=O)N1CCOCC1. The van der Waals surface area contributed by atoms with Crippen molar-refractivity contribution in [1.29, 1.82) is 0 Å². The topological polar surface area (TPSA) is 41.6 Å². The van der Waals surface area contributed by atoms with Crippen LogP contribution in [0.1, 0.15) is 6.92 Å². The van der Waals surface area contributed by atoms with Crippen LogP contribution in [0.3, 0.4) is 0 Å². The Morgan fingerprint density at radius 2 is 2.07 bits per heavy atom. The van der Waals surface area contributed by atoms with Gasteiger partial charge in [0.05, 0.1) is 19.1 Å². The fraction of sp³-hybridized carbons (Fsp3) is 0.900. The van der Waals surface area contributed by atoms with Gasteiger partial charge in [-0.05, 0) is 12.5 Å². The molecular formula is C10H18N2O2. The molecule has 0 aromatic carbocycles. The third-order valence-corrected chi connectivity index (χ3v) is 3.16. The predicted molar refractivity (Wildman–Crippen MR) is 52.9 cm³/mol. The molecule has 80 valence electrons. The number of morpholine rings is 1. The molecule has 2 aliphatic heterocycles. The summed E-state index contributed by atoms with van der Waals surface area (Å²) in [6, 6.07) is 0. The summed E-state index contributed by atoms with van der Waals surface area (Å²) in [4.78, 5) is 14.0. The first-order valence-electron chi connectivity index (χ1n) is 5.36. The lowest BCUT2D eigenvalue weighted by Crippen LogP contribution is -2.45. The summed E-state index contributed by atoms with van der Waals surface area (Å²) in [5.74, 6) is 0.976. The van der Waals surface area contributed by atoms with E-state index in [1.54, 1.807) is 0 Å². The van der Waals surface area contributed by atoms with Crippen LogP contribution in [0.25, 0.3) is 0 Å². The molecule has 4 nitrogen and oxygen atoms in total. The zero-order valence-electron chi connectivity index (χ0n) is 8.66. The number of carbonyl (C=O) groups is 1. The maximum absolute atomic E-state index is 12.0. The molecule has 4 heteroatoms. The summed E-state index contributed by atoms with van der Waals surface area (Å²) in [6.45, 7) is 6.88. The van der Waals surface area contributed by atoms with Crippen LogP contribution < -0.4 is 5.32 Å². The Kier molecular flexibility index (Phi) is 3.03. The van der Waals surface area contributed by atoms with Crippen LogP contribution in [-0.4, -0.2) is 50.2 Å². The van der Waals surface area contributed by atoms with Crippen LogP contribution in [0.4, 0.5) is 0 Å². The molecule has 2 heterocycles. The Bertz CT molecular complexity index is 214. The van der Waals surface area contributed by atoms with Crippen molar-refractivity contribution in [2.45, 2.75) is 6.92 Å². The lowest BCUT2D eigenvalue weighted by molar-refractivity contribution is -0.140. The van der Waals surface area contributed by atoms with E-state index in [9.17, 15) is 4.79 Å². The van der Waals surface area contributed by atoms with Gasteiger partial charge in [-0.1, -0.05) is 6.92 Å². The van der Waals surface area contributed by atoms with E-state index in [4.69, 9.17) is 4.74 Å². The van der Waals surface area contributed by atoms with Gasteiger partial charge in [-0.3, -0.25) is 4.79 Å². The first-order chi connectivity index (χ1) is 6.79. The maximum Gasteiger partial charge on any atom is 0.227 e. The first kappa shape index (κ1) is 9.93. The summed E-state index contributed by atoms with van der Waals surface area (Å²) >= 11 is 0. The van der Waals surface area contributed by atoms with Crippen molar-refractivity contribution in [3.05, 3.63) is 0 Å². The highest BCUT2D eigenvalue weighted by molar-refractivity contribution is 5.79. The van der Waals surface area contributed by atoms with Crippen LogP contribution in [0.2, 0.25) is 0 Å². The Labute approximate surface area is 84.6 Å². The van der Waals surface area contributed by atoms with E-state index in [1.807, 2.05) is 4.90 Å². The molecular weight excluding hydrogens is 180 g/mol. The zero-order chi connectivity index (χ0) is 9.97. The highest BCUT2D eigenvalue weighted by atomic mass is 16.5. The van der Waals surface area contributed by atoms with E-state index < -0.39 is 0 Å². The fourth-order valence-corrected chi connectivity index (χ4v) is 2.16. The van der Waals surface area contributed by atoms with E-state index in [0.29, 0.717) is 25.0 Å². The van der Waals surface area contributed by atoms with Gasteiger partial charge in [0.2, 0.25) is 5.91 Å². The number of amides is 1. The predicted octanol–water partition coefficient (Wildman–Crippen LogP) is -0.299. The zero-order valence-corrected chi connectivity index (χ0v) is 8.66. The normalized spacial score (nSPS) is 33.4. The Morgan fingerprint density at radius 3 is 2.64 bits per heavy atom. The average molecular weight is 198 g/mol. The van der Waals surface area contributed by atoms with Crippen LogP contribution in [0, 0.1) is 11.8 Å². The standard InChI is InChI=1S/C10H18N2O2/c1-8-6-11-7-9(8)10(13)12-2-4-14-5-3-12/h8-9,11H,2-7H2,1H3/t8-,9-/m1/s1. The largest absolute Gasteiger partial charge is 0.378 e. The van der Waals surface area contributed by atoms with Crippen LogP contribution >= 0.6 is 0 Å². The minimum Gasteiger partial charge on any atom is -0.378 e. The molecule has 0 unspecified atom stereocenters. The molecule has 0 spiro atoms. The summed E-state index contributed by atoms with van der Waals surface area (Å²) < 4.78 is 5.23. The molecule has 14 heavy (non-hydrogen) atoms. The van der Waals surface area contributed by atoms with Gasteiger partial charge in [-0.25, -0.2) is 0 Å². The van der Waals surface area contributed by atoms with Crippen molar-refractivity contribution in [2.75, 3.05) is 39.4 Å². The lowest BCUT2D eigenvalue weighted by Gasteiger charge is -2.30. The molecule has 0 radical (unpaired) electrons. The van der Waals surface area contributed by atoms with Crippen molar-refractivity contribution < 1.29 is 9.53 Å². The molecule has 1 N–H and O–H groups in total.